The van der Waals surface area contributed by atoms with Crippen molar-refractivity contribution >= 4 is 17.5 Å². The topological polar surface area (TPSA) is 94.2 Å². The molecule has 1 saturated heterocycles. The number of carbonyl (C=O) groups excluding carboxylic acids is 1. The number of aryl methyl sites for hydroxylation is 1. The number of carbonyl (C=O) groups is 1. The molecule has 0 radical (unpaired) electrons. The maximum Gasteiger partial charge on any atom is 0.267 e. The van der Waals surface area contributed by atoms with Crippen LogP contribution >= 0.6 is 11.6 Å². The fourth-order valence-corrected chi connectivity index (χ4v) is 3.17. The summed E-state index contributed by atoms with van der Waals surface area (Å²) in [6, 6.07) is 3.96. The molecular weight excluding hydrogens is 401 g/mol. The zero-order chi connectivity index (χ0) is 20.4. The summed E-state index contributed by atoms with van der Waals surface area (Å²) in [7, 11) is 0. The standard InChI is InChI=1S/C19H17ClFN5O3/c1-11-7-23-16(8-22-11)19-25-24-18(29-19)12-4-5-26(9-12)17(27)10-28-13-2-3-15(21)14(20)6-13/h2-3,6-8,12H,4-5,9-10H2,1H3/t12-/m0/s1. The van der Waals surface area contributed by atoms with Gasteiger partial charge in [-0.05, 0) is 25.5 Å². The molecule has 0 saturated carbocycles. The van der Waals surface area contributed by atoms with Gasteiger partial charge in [-0.15, -0.1) is 10.2 Å². The van der Waals surface area contributed by atoms with Gasteiger partial charge in [-0.2, -0.15) is 0 Å². The summed E-state index contributed by atoms with van der Waals surface area (Å²) in [5, 5.41) is 8.08. The van der Waals surface area contributed by atoms with Gasteiger partial charge in [-0.25, -0.2) is 9.37 Å². The van der Waals surface area contributed by atoms with Crippen LogP contribution in [0.4, 0.5) is 4.39 Å². The van der Waals surface area contributed by atoms with E-state index in [1.807, 2.05) is 6.92 Å². The summed E-state index contributed by atoms with van der Waals surface area (Å²) in [5.74, 6) is 0.318. The number of benzene rings is 1. The minimum absolute atomic E-state index is 0.0540. The van der Waals surface area contributed by atoms with Gasteiger partial charge in [0.15, 0.2) is 6.61 Å². The first-order valence-electron chi connectivity index (χ1n) is 8.97. The van der Waals surface area contributed by atoms with Crippen molar-refractivity contribution in [2.24, 2.45) is 0 Å². The molecule has 29 heavy (non-hydrogen) atoms. The molecule has 4 rings (SSSR count). The molecule has 1 atom stereocenters. The normalized spacial score (nSPS) is 16.2. The van der Waals surface area contributed by atoms with E-state index in [0.29, 0.717) is 42.7 Å². The van der Waals surface area contributed by atoms with Crippen molar-refractivity contribution in [1.82, 2.24) is 25.1 Å². The summed E-state index contributed by atoms with van der Waals surface area (Å²) in [4.78, 5) is 22.5. The first-order valence-corrected chi connectivity index (χ1v) is 9.35. The Kier molecular flexibility index (Phi) is 5.39. The molecule has 1 fully saturated rings. The van der Waals surface area contributed by atoms with Crippen molar-refractivity contribution in [3.63, 3.8) is 0 Å². The maximum atomic E-state index is 13.2. The summed E-state index contributed by atoms with van der Waals surface area (Å²) < 4.78 is 24.3. The Morgan fingerprint density at radius 3 is 2.97 bits per heavy atom. The fourth-order valence-electron chi connectivity index (χ4n) is 3.00. The van der Waals surface area contributed by atoms with E-state index in [4.69, 9.17) is 20.8 Å². The predicted octanol–water partition coefficient (Wildman–Crippen LogP) is 3.02. The van der Waals surface area contributed by atoms with Gasteiger partial charge >= 0.3 is 0 Å². The van der Waals surface area contributed by atoms with E-state index in [9.17, 15) is 9.18 Å². The third kappa shape index (κ3) is 4.34. The molecule has 1 aliphatic rings. The van der Waals surface area contributed by atoms with E-state index in [-0.39, 0.29) is 23.5 Å². The lowest BCUT2D eigenvalue weighted by Crippen LogP contribution is -2.32. The van der Waals surface area contributed by atoms with Crippen molar-refractivity contribution in [1.29, 1.82) is 0 Å². The Labute approximate surface area is 170 Å². The summed E-state index contributed by atoms with van der Waals surface area (Å²) in [6.07, 6.45) is 3.91. The average molecular weight is 418 g/mol. The second kappa shape index (κ2) is 8.12. The van der Waals surface area contributed by atoms with Crippen LogP contribution in [-0.4, -0.2) is 50.7 Å². The quantitative estimate of drug-likeness (QED) is 0.629. The molecule has 0 N–H and O–H groups in total. The van der Waals surface area contributed by atoms with Gasteiger partial charge in [0.25, 0.3) is 11.8 Å². The Bertz CT molecular complexity index is 1030. The molecule has 3 aromatic rings. The van der Waals surface area contributed by atoms with E-state index >= 15 is 0 Å². The molecule has 0 unspecified atom stereocenters. The summed E-state index contributed by atoms with van der Waals surface area (Å²) in [5.41, 5.74) is 1.30. The minimum atomic E-state index is -0.539. The van der Waals surface area contributed by atoms with Gasteiger partial charge in [0.05, 0.1) is 22.8 Å². The number of likely N-dealkylation sites (tertiary alicyclic amines) is 1. The van der Waals surface area contributed by atoms with Crippen LogP contribution in [0.25, 0.3) is 11.6 Å². The monoisotopic (exact) mass is 417 g/mol. The van der Waals surface area contributed by atoms with Gasteiger partial charge in [0.2, 0.25) is 5.89 Å². The van der Waals surface area contributed by atoms with Crippen molar-refractivity contribution in [2.45, 2.75) is 19.3 Å². The number of halogens is 2. The van der Waals surface area contributed by atoms with E-state index < -0.39 is 5.82 Å². The van der Waals surface area contributed by atoms with E-state index in [1.54, 1.807) is 17.3 Å². The van der Waals surface area contributed by atoms with Gasteiger partial charge in [-0.1, -0.05) is 11.6 Å². The molecule has 1 aromatic carbocycles. The molecular formula is C19H17ClFN5O3. The van der Waals surface area contributed by atoms with E-state index in [1.165, 1.54) is 18.2 Å². The van der Waals surface area contributed by atoms with Crippen LogP contribution in [-0.2, 0) is 4.79 Å². The molecule has 10 heteroatoms. The van der Waals surface area contributed by atoms with Gasteiger partial charge in [0, 0.05) is 25.4 Å². The smallest absolute Gasteiger partial charge is 0.267 e. The zero-order valence-corrected chi connectivity index (χ0v) is 16.3. The van der Waals surface area contributed by atoms with E-state index in [2.05, 4.69) is 20.2 Å². The minimum Gasteiger partial charge on any atom is -0.484 e. The largest absolute Gasteiger partial charge is 0.484 e. The second-order valence-electron chi connectivity index (χ2n) is 6.68. The number of nitrogens with zero attached hydrogens (tertiary/aromatic N) is 5. The number of ether oxygens (including phenoxy) is 1. The van der Waals surface area contributed by atoms with Gasteiger partial charge in [0.1, 0.15) is 17.3 Å². The van der Waals surface area contributed by atoms with Crippen LogP contribution in [0.15, 0.2) is 35.0 Å². The first-order chi connectivity index (χ1) is 14.0. The number of aromatic nitrogens is 4. The van der Waals surface area contributed by atoms with Gasteiger partial charge < -0.3 is 14.1 Å². The van der Waals surface area contributed by atoms with Crippen molar-refractivity contribution in [2.75, 3.05) is 19.7 Å². The fraction of sp³-hybridized carbons (Fsp3) is 0.316. The van der Waals surface area contributed by atoms with Crippen LogP contribution in [0.5, 0.6) is 5.75 Å². The van der Waals surface area contributed by atoms with Crippen LogP contribution in [0.3, 0.4) is 0 Å². The third-order valence-corrected chi connectivity index (χ3v) is 4.87. The second-order valence-corrected chi connectivity index (χ2v) is 7.09. The molecule has 1 amide bonds. The number of amides is 1. The molecule has 0 aliphatic carbocycles. The SMILES string of the molecule is Cc1cnc(-c2nnc([C@H]3CCN(C(=O)COc4ccc(F)c(Cl)c4)C3)o2)cn1. The van der Waals surface area contributed by atoms with Crippen molar-refractivity contribution in [3.8, 4) is 17.3 Å². The highest BCUT2D eigenvalue weighted by molar-refractivity contribution is 6.30. The molecule has 1 aliphatic heterocycles. The van der Waals surface area contributed by atoms with Crippen molar-refractivity contribution in [3.05, 3.63) is 53.0 Å². The zero-order valence-electron chi connectivity index (χ0n) is 15.5. The van der Waals surface area contributed by atoms with Crippen LogP contribution < -0.4 is 4.74 Å². The lowest BCUT2D eigenvalue weighted by Gasteiger charge is -2.16. The Morgan fingerprint density at radius 2 is 2.21 bits per heavy atom. The maximum absolute atomic E-state index is 13.2. The highest BCUT2D eigenvalue weighted by Gasteiger charge is 2.31. The molecule has 0 bridgehead atoms. The number of rotatable bonds is 5. The van der Waals surface area contributed by atoms with Crippen LogP contribution in [0, 0.1) is 12.7 Å². The van der Waals surface area contributed by atoms with Gasteiger partial charge in [-0.3, -0.25) is 9.78 Å². The lowest BCUT2D eigenvalue weighted by atomic mass is 10.1. The highest BCUT2D eigenvalue weighted by atomic mass is 35.5. The Morgan fingerprint density at radius 1 is 1.34 bits per heavy atom. The number of hydrogen-bond acceptors (Lipinski definition) is 7. The highest BCUT2D eigenvalue weighted by Crippen LogP contribution is 2.28. The predicted molar refractivity (Wildman–Crippen MR) is 101 cm³/mol. The molecule has 0 spiro atoms. The lowest BCUT2D eigenvalue weighted by molar-refractivity contribution is -0.132. The van der Waals surface area contributed by atoms with E-state index in [0.717, 1.165) is 5.69 Å². The molecule has 2 aromatic heterocycles. The Balaban J connectivity index is 1.34. The first kappa shape index (κ1) is 19.3. The summed E-state index contributed by atoms with van der Waals surface area (Å²) in [6.45, 7) is 2.68. The van der Waals surface area contributed by atoms with Crippen molar-refractivity contribution < 1.29 is 18.3 Å². The third-order valence-electron chi connectivity index (χ3n) is 4.58. The molecule has 8 nitrogen and oxygen atoms in total. The number of hydrogen-bond donors (Lipinski definition) is 0. The average Bonchev–Trinajstić information content (AvgIpc) is 3.39. The van der Waals surface area contributed by atoms with Crippen LogP contribution in [0.2, 0.25) is 5.02 Å². The summed E-state index contributed by atoms with van der Waals surface area (Å²) >= 11 is 5.72. The molecule has 3 heterocycles. The Hall–Kier alpha value is -3.07. The molecule has 150 valence electrons. The van der Waals surface area contributed by atoms with Crippen LogP contribution in [0.1, 0.15) is 23.9 Å².